The van der Waals surface area contributed by atoms with Gasteiger partial charge in [-0.1, -0.05) is 35.9 Å². The first-order valence-corrected chi connectivity index (χ1v) is 9.84. The number of rotatable bonds is 8. The molecule has 0 fully saturated rings. The van der Waals surface area contributed by atoms with Crippen LogP contribution in [0.15, 0.2) is 66.0 Å². The molecule has 2 heterocycles. The number of nitrogens with zero attached hydrogens (tertiary/aromatic N) is 4. The van der Waals surface area contributed by atoms with Gasteiger partial charge < -0.3 is 10.6 Å². The fourth-order valence-corrected chi connectivity index (χ4v) is 2.84. The van der Waals surface area contributed by atoms with Crippen LogP contribution in [0, 0.1) is 0 Å². The van der Waals surface area contributed by atoms with Crippen LogP contribution in [-0.2, 0) is 12.8 Å². The molecule has 6 nitrogen and oxygen atoms in total. The molecule has 3 rings (SSSR count). The Labute approximate surface area is 193 Å². The van der Waals surface area contributed by atoms with E-state index in [4.69, 9.17) is 11.6 Å². The van der Waals surface area contributed by atoms with Crippen molar-refractivity contribution in [2.75, 3.05) is 19.6 Å². The molecule has 0 saturated carbocycles. The SMILES string of the molecule is CCNC(=NCCc1ccc(Cl)nc1)NCCc1cnn(-c2ccccc2)c1.I. The number of benzene rings is 1. The van der Waals surface area contributed by atoms with Crippen molar-refractivity contribution >= 4 is 41.5 Å². The van der Waals surface area contributed by atoms with E-state index in [0.29, 0.717) is 11.7 Å². The summed E-state index contributed by atoms with van der Waals surface area (Å²) in [6.07, 6.45) is 7.46. The van der Waals surface area contributed by atoms with Crippen LogP contribution in [0.2, 0.25) is 5.15 Å². The average Bonchev–Trinajstić information content (AvgIpc) is 3.19. The molecule has 0 radical (unpaired) electrons. The van der Waals surface area contributed by atoms with E-state index < -0.39 is 0 Å². The van der Waals surface area contributed by atoms with Crippen molar-refractivity contribution < 1.29 is 0 Å². The third-order valence-electron chi connectivity index (χ3n) is 4.17. The Balaban J connectivity index is 0.00000300. The molecule has 0 saturated heterocycles. The smallest absolute Gasteiger partial charge is 0.191 e. The van der Waals surface area contributed by atoms with Gasteiger partial charge in [-0.05, 0) is 49.1 Å². The van der Waals surface area contributed by atoms with Gasteiger partial charge in [0.15, 0.2) is 5.96 Å². The van der Waals surface area contributed by atoms with E-state index in [1.54, 1.807) is 12.3 Å². The van der Waals surface area contributed by atoms with Crippen LogP contribution in [0.5, 0.6) is 0 Å². The summed E-state index contributed by atoms with van der Waals surface area (Å²) < 4.78 is 1.90. The largest absolute Gasteiger partial charge is 0.357 e. The highest BCUT2D eigenvalue weighted by Crippen LogP contribution is 2.08. The number of pyridine rings is 1. The van der Waals surface area contributed by atoms with Crippen LogP contribution in [-0.4, -0.2) is 40.4 Å². The highest BCUT2D eigenvalue weighted by molar-refractivity contribution is 14.0. The van der Waals surface area contributed by atoms with E-state index in [-0.39, 0.29) is 24.0 Å². The predicted molar refractivity (Wildman–Crippen MR) is 130 cm³/mol. The summed E-state index contributed by atoms with van der Waals surface area (Å²) in [5.41, 5.74) is 3.37. The lowest BCUT2D eigenvalue weighted by Crippen LogP contribution is -2.38. The number of halogens is 2. The number of nitrogens with one attached hydrogen (secondary N) is 2. The second-order valence-corrected chi connectivity index (χ2v) is 6.69. The first kappa shape index (κ1) is 23.2. The number of hydrogen-bond donors (Lipinski definition) is 2. The molecule has 0 aliphatic heterocycles. The second kappa shape index (κ2) is 12.4. The van der Waals surface area contributed by atoms with E-state index in [1.807, 2.05) is 47.3 Å². The summed E-state index contributed by atoms with van der Waals surface area (Å²) in [5.74, 6) is 0.819. The lowest BCUT2D eigenvalue weighted by Gasteiger charge is -2.10. The number of hydrogen-bond acceptors (Lipinski definition) is 3. The van der Waals surface area contributed by atoms with Gasteiger partial charge in [-0.2, -0.15) is 5.10 Å². The Morgan fingerprint density at radius 2 is 1.86 bits per heavy atom. The Kier molecular flexibility index (Phi) is 9.93. The lowest BCUT2D eigenvalue weighted by atomic mass is 10.2. The van der Waals surface area contributed by atoms with Gasteiger partial charge in [0.05, 0.1) is 11.9 Å². The third-order valence-corrected chi connectivity index (χ3v) is 4.39. The van der Waals surface area contributed by atoms with Gasteiger partial charge in [-0.15, -0.1) is 24.0 Å². The summed E-state index contributed by atoms with van der Waals surface area (Å²) in [7, 11) is 0. The minimum Gasteiger partial charge on any atom is -0.357 e. The molecular weight excluding hydrogens is 499 g/mol. The van der Waals surface area contributed by atoms with Crippen LogP contribution >= 0.6 is 35.6 Å². The van der Waals surface area contributed by atoms with Gasteiger partial charge in [0.25, 0.3) is 0 Å². The van der Waals surface area contributed by atoms with E-state index in [2.05, 4.69) is 38.8 Å². The Hall–Kier alpha value is -2.13. The van der Waals surface area contributed by atoms with Crippen LogP contribution in [0.3, 0.4) is 0 Å². The average molecular weight is 525 g/mol. The molecule has 0 amide bonds. The highest BCUT2D eigenvalue weighted by Gasteiger charge is 2.02. The molecule has 0 atom stereocenters. The van der Waals surface area contributed by atoms with Crippen molar-refractivity contribution in [2.24, 2.45) is 4.99 Å². The van der Waals surface area contributed by atoms with Gasteiger partial charge in [0, 0.05) is 32.0 Å². The number of guanidine groups is 1. The molecule has 0 aliphatic rings. The maximum absolute atomic E-state index is 5.82. The predicted octanol–water partition coefficient (Wildman–Crippen LogP) is 3.88. The topological polar surface area (TPSA) is 67.1 Å². The van der Waals surface area contributed by atoms with Crippen molar-refractivity contribution in [3.05, 3.63) is 77.3 Å². The van der Waals surface area contributed by atoms with Crippen molar-refractivity contribution in [3.63, 3.8) is 0 Å². The second-order valence-electron chi connectivity index (χ2n) is 6.31. The molecule has 3 aromatic rings. The maximum Gasteiger partial charge on any atom is 0.191 e. The molecule has 0 unspecified atom stereocenters. The molecule has 0 spiro atoms. The molecule has 154 valence electrons. The monoisotopic (exact) mass is 524 g/mol. The number of para-hydroxylation sites is 1. The Morgan fingerprint density at radius 3 is 2.59 bits per heavy atom. The maximum atomic E-state index is 5.82. The summed E-state index contributed by atoms with van der Waals surface area (Å²) in [4.78, 5) is 8.73. The zero-order chi connectivity index (χ0) is 19.6. The van der Waals surface area contributed by atoms with Gasteiger partial charge in [0.1, 0.15) is 5.15 Å². The van der Waals surface area contributed by atoms with Gasteiger partial charge in [0.2, 0.25) is 0 Å². The molecule has 0 aliphatic carbocycles. The summed E-state index contributed by atoms with van der Waals surface area (Å²) in [5, 5.41) is 11.6. The standard InChI is InChI=1S/C21H25ClN6.HI/c1-2-23-21(24-12-10-17-8-9-20(22)26-14-17)25-13-11-18-15-27-28(16-18)19-6-4-3-5-7-19;/h3-9,14-16H,2,10-13H2,1H3,(H2,23,24,25);1H. The first-order valence-electron chi connectivity index (χ1n) is 9.46. The van der Waals surface area contributed by atoms with Gasteiger partial charge >= 0.3 is 0 Å². The number of aliphatic imine (C=N–C) groups is 1. The van der Waals surface area contributed by atoms with Gasteiger partial charge in [-0.25, -0.2) is 9.67 Å². The molecule has 8 heteroatoms. The van der Waals surface area contributed by atoms with Crippen molar-refractivity contribution in [3.8, 4) is 5.69 Å². The summed E-state index contributed by atoms with van der Waals surface area (Å²) in [6, 6.07) is 13.9. The van der Waals surface area contributed by atoms with Crippen LogP contribution in [0.25, 0.3) is 5.69 Å². The van der Waals surface area contributed by atoms with E-state index in [1.165, 1.54) is 5.56 Å². The highest BCUT2D eigenvalue weighted by atomic mass is 127. The first-order chi connectivity index (χ1) is 13.7. The van der Waals surface area contributed by atoms with Crippen molar-refractivity contribution in [2.45, 2.75) is 19.8 Å². The molecule has 0 bridgehead atoms. The van der Waals surface area contributed by atoms with E-state index >= 15 is 0 Å². The molecule has 29 heavy (non-hydrogen) atoms. The normalized spacial score (nSPS) is 11.0. The van der Waals surface area contributed by atoms with Crippen LogP contribution in [0.4, 0.5) is 0 Å². The van der Waals surface area contributed by atoms with Crippen LogP contribution < -0.4 is 10.6 Å². The third kappa shape index (κ3) is 7.66. The molecule has 2 aromatic heterocycles. The zero-order valence-corrected chi connectivity index (χ0v) is 19.5. The van der Waals surface area contributed by atoms with Crippen LogP contribution in [0.1, 0.15) is 18.1 Å². The van der Waals surface area contributed by atoms with Gasteiger partial charge in [-0.3, -0.25) is 4.99 Å². The molecule has 1 aromatic carbocycles. The zero-order valence-electron chi connectivity index (χ0n) is 16.4. The minimum absolute atomic E-state index is 0. The molecule has 2 N–H and O–H groups in total. The van der Waals surface area contributed by atoms with Crippen molar-refractivity contribution in [1.29, 1.82) is 0 Å². The number of aromatic nitrogens is 3. The Bertz CT molecular complexity index is 880. The molecular formula is C21H26ClIN6. The summed E-state index contributed by atoms with van der Waals surface area (Å²) >= 11 is 5.82. The fraction of sp³-hybridized carbons (Fsp3) is 0.286. The lowest BCUT2D eigenvalue weighted by molar-refractivity contribution is 0.796. The van der Waals surface area contributed by atoms with E-state index in [9.17, 15) is 0 Å². The summed E-state index contributed by atoms with van der Waals surface area (Å²) in [6.45, 7) is 4.35. The van der Waals surface area contributed by atoms with Crippen molar-refractivity contribution in [1.82, 2.24) is 25.4 Å². The minimum atomic E-state index is 0. The quantitative estimate of drug-likeness (QED) is 0.203. The Morgan fingerprint density at radius 1 is 1.03 bits per heavy atom. The van der Waals surface area contributed by atoms with E-state index in [0.717, 1.165) is 43.1 Å². The fourth-order valence-electron chi connectivity index (χ4n) is 2.73.